The summed E-state index contributed by atoms with van der Waals surface area (Å²) in [4.78, 5) is 12.0. The van der Waals surface area contributed by atoms with Crippen LogP contribution in [0.15, 0.2) is 59.0 Å². The summed E-state index contributed by atoms with van der Waals surface area (Å²) in [5.74, 6) is -0.911. The first kappa shape index (κ1) is 16.7. The topological polar surface area (TPSA) is 65.2 Å². The molecule has 0 unspecified atom stereocenters. The Morgan fingerprint density at radius 2 is 1.68 bits per heavy atom. The van der Waals surface area contributed by atoms with Gasteiger partial charge in [-0.05, 0) is 24.3 Å². The molecule has 0 aliphatic heterocycles. The van der Waals surface area contributed by atoms with Gasteiger partial charge in [-0.25, -0.2) is 4.79 Å². The number of aromatic nitrogens is 2. The Bertz CT molecular complexity index is 876. The van der Waals surface area contributed by atoms with Crippen LogP contribution in [-0.4, -0.2) is 16.2 Å². The van der Waals surface area contributed by atoms with Gasteiger partial charge in [0.2, 0.25) is 5.89 Å². The molecule has 3 rings (SSSR count). The fourth-order valence-corrected chi connectivity index (χ4v) is 2.12. The van der Waals surface area contributed by atoms with E-state index in [0.717, 1.165) is 12.1 Å². The number of alkyl halides is 3. The van der Waals surface area contributed by atoms with Gasteiger partial charge in [0.05, 0.1) is 11.1 Å². The highest BCUT2D eigenvalue weighted by molar-refractivity contribution is 5.91. The standard InChI is InChI=1S/C17H11F3N2O3/c18-17(19,20)13-9-5-4-8-12(13)16(23)24-10-14-21-22-15(25-14)11-6-2-1-3-7-11/h1-9H,10H2. The van der Waals surface area contributed by atoms with Crippen molar-refractivity contribution >= 4 is 5.97 Å². The monoisotopic (exact) mass is 348 g/mol. The Kier molecular flexibility index (Phi) is 4.51. The molecule has 25 heavy (non-hydrogen) atoms. The molecule has 8 heteroatoms. The summed E-state index contributed by atoms with van der Waals surface area (Å²) >= 11 is 0. The second-order valence-electron chi connectivity index (χ2n) is 4.99. The largest absolute Gasteiger partial charge is 0.452 e. The second-order valence-corrected chi connectivity index (χ2v) is 4.99. The number of hydrogen-bond acceptors (Lipinski definition) is 5. The van der Waals surface area contributed by atoms with Gasteiger partial charge in [0, 0.05) is 5.56 Å². The zero-order valence-electron chi connectivity index (χ0n) is 12.7. The van der Waals surface area contributed by atoms with Crippen molar-refractivity contribution in [3.8, 4) is 11.5 Å². The lowest BCUT2D eigenvalue weighted by molar-refractivity contribution is -0.138. The third kappa shape index (κ3) is 3.85. The van der Waals surface area contributed by atoms with Crippen LogP contribution in [0.1, 0.15) is 21.8 Å². The van der Waals surface area contributed by atoms with E-state index >= 15 is 0 Å². The molecule has 0 aliphatic rings. The van der Waals surface area contributed by atoms with E-state index in [-0.39, 0.29) is 11.8 Å². The highest BCUT2D eigenvalue weighted by Gasteiger charge is 2.35. The van der Waals surface area contributed by atoms with E-state index in [1.165, 1.54) is 12.1 Å². The van der Waals surface area contributed by atoms with Gasteiger partial charge in [-0.1, -0.05) is 30.3 Å². The Labute approximate surface area is 140 Å². The van der Waals surface area contributed by atoms with Gasteiger partial charge in [0.25, 0.3) is 5.89 Å². The molecule has 0 amide bonds. The molecule has 128 valence electrons. The van der Waals surface area contributed by atoms with Crippen LogP contribution in [0.25, 0.3) is 11.5 Å². The number of halogens is 3. The lowest BCUT2D eigenvalue weighted by Crippen LogP contribution is -2.15. The highest BCUT2D eigenvalue weighted by atomic mass is 19.4. The van der Waals surface area contributed by atoms with Gasteiger partial charge >= 0.3 is 12.1 Å². The molecule has 1 aromatic heterocycles. The maximum Gasteiger partial charge on any atom is 0.417 e. The van der Waals surface area contributed by atoms with Crippen LogP contribution in [0, 0.1) is 0 Å². The van der Waals surface area contributed by atoms with E-state index in [0.29, 0.717) is 5.56 Å². The van der Waals surface area contributed by atoms with Crippen molar-refractivity contribution in [2.45, 2.75) is 12.8 Å². The van der Waals surface area contributed by atoms with Crippen LogP contribution >= 0.6 is 0 Å². The van der Waals surface area contributed by atoms with E-state index in [9.17, 15) is 18.0 Å². The van der Waals surface area contributed by atoms with Gasteiger partial charge in [0.1, 0.15) is 0 Å². The number of hydrogen-bond donors (Lipinski definition) is 0. The van der Waals surface area contributed by atoms with Crippen molar-refractivity contribution in [2.75, 3.05) is 0 Å². The average molecular weight is 348 g/mol. The summed E-state index contributed by atoms with van der Waals surface area (Å²) in [5, 5.41) is 7.52. The van der Waals surface area contributed by atoms with Gasteiger partial charge in [-0.2, -0.15) is 13.2 Å². The number of carbonyl (C=O) groups is 1. The second kappa shape index (κ2) is 6.76. The molecule has 0 fully saturated rings. The number of rotatable bonds is 4. The van der Waals surface area contributed by atoms with E-state index in [1.54, 1.807) is 24.3 Å². The van der Waals surface area contributed by atoms with Crippen molar-refractivity contribution in [2.24, 2.45) is 0 Å². The minimum Gasteiger partial charge on any atom is -0.452 e. The Morgan fingerprint density at radius 3 is 2.40 bits per heavy atom. The highest BCUT2D eigenvalue weighted by Crippen LogP contribution is 2.32. The van der Waals surface area contributed by atoms with Crippen molar-refractivity contribution in [3.05, 3.63) is 71.6 Å². The number of benzene rings is 2. The Morgan fingerprint density at radius 1 is 1.00 bits per heavy atom. The fraction of sp³-hybridized carbons (Fsp3) is 0.118. The molecule has 0 saturated carbocycles. The van der Waals surface area contributed by atoms with Crippen LogP contribution in [-0.2, 0) is 17.5 Å². The summed E-state index contributed by atoms with van der Waals surface area (Å²) in [6.45, 7) is -0.426. The van der Waals surface area contributed by atoms with Crippen LogP contribution in [0.3, 0.4) is 0 Å². The van der Waals surface area contributed by atoms with Crippen molar-refractivity contribution < 1.29 is 27.1 Å². The molecule has 0 saturated heterocycles. The first-order chi connectivity index (χ1) is 11.9. The molecule has 1 heterocycles. The zero-order valence-corrected chi connectivity index (χ0v) is 12.7. The normalized spacial score (nSPS) is 11.3. The minimum atomic E-state index is -4.65. The quantitative estimate of drug-likeness (QED) is 0.664. The van der Waals surface area contributed by atoms with E-state index in [2.05, 4.69) is 10.2 Å². The Hall–Kier alpha value is -3.16. The van der Waals surface area contributed by atoms with Crippen molar-refractivity contribution in [1.82, 2.24) is 10.2 Å². The molecule has 0 aliphatic carbocycles. The third-order valence-corrected chi connectivity index (χ3v) is 3.27. The molecule has 0 bridgehead atoms. The average Bonchev–Trinajstić information content (AvgIpc) is 3.09. The molecule has 0 spiro atoms. The first-order valence-electron chi connectivity index (χ1n) is 7.16. The molecule has 5 nitrogen and oxygen atoms in total. The molecular formula is C17H11F3N2O3. The molecule has 0 radical (unpaired) electrons. The summed E-state index contributed by atoms with van der Waals surface area (Å²) in [5.41, 5.74) is -0.955. The van der Waals surface area contributed by atoms with Crippen molar-refractivity contribution in [3.63, 3.8) is 0 Å². The lowest BCUT2D eigenvalue weighted by Gasteiger charge is -2.11. The van der Waals surface area contributed by atoms with Crippen LogP contribution in [0.5, 0.6) is 0 Å². The smallest absolute Gasteiger partial charge is 0.417 e. The number of esters is 1. The molecular weight excluding hydrogens is 337 g/mol. The minimum absolute atomic E-state index is 0.0170. The van der Waals surface area contributed by atoms with Crippen molar-refractivity contribution in [1.29, 1.82) is 0 Å². The van der Waals surface area contributed by atoms with E-state index in [4.69, 9.17) is 9.15 Å². The molecule has 0 N–H and O–H groups in total. The maximum absolute atomic E-state index is 12.9. The van der Waals surface area contributed by atoms with Gasteiger partial charge < -0.3 is 9.15 Å². The predicted molar refractivity (Wildman–Crippen MR) is 80.3 cm³/mol. The van der Waals surface area contributed by atoms with Gasteiger partial charge in [-0.15, -0.1) is 10.2 Å². The molecule has 2 aromatic carbocycles. The van der Waals surface area contributed by atoms with E-state index < -0.39 is 29.9 Å². The molecule has 3 aromatic rings. The van der Waals surface area contributed by atoms with Crippen LogP contribution in [0.4, 0.5) is 13.2 Å². The lowest BCUT2D eigenvalue weighted by atomic mass is 10.1. The summed E-state index contributed by atoms with van der Waals surface area (Å²) in [6, 6.07) is 13.3. The zero-order chi connectivity index (χ0) is 17.9. The number of carbonyl (C=O) groups excluding carboxylic acids is 1. The summed E-state index contributed by atoms with van der Waals surface area (Å²) in [6.07, 6.45) is -4.65. The first-order valence-corrected chi connectivity index (χ1v) is 7.16. The van der Waals surface area contributed by atoms with Crippen LogP contribution in [0.2, 0.25) is 0 Å². The number of ether oxygens (including phenoxy) is 1. The van der Waals surface area contributed by atoms with Gasteiger partial charge in [0.15, 0.2) is 6.61 Å². The SMILES string of the molecule is O=C(OCc1nnc(-c2ccccc2)o1)c1ccccc1C(F)(F)F. The number of nitrogens with zero attached hydrogens (tertiary/aromatic N) is 2. The van der Waals surface area contributed by atoms with Gasteiger partial charge in [-0.3, -0.25) is 0 Å². The predicted octanol–water partition coefficient (Wildman–Crippen LogP) is 4.11. The fourth-order valence-electron chi connectivity index (χ4n) is 2.12. The third-order valence-electron chi connectivity index (χ3n) is 3.27. The van der Waals surface area contributed by atoms with Crippen LogP contribution < -0.4 is 0 Å². The Balaban J connectivity index is 1.71. The summed E-state index contributed by atoms with van der Waals surface area (Å²) < 4.78 is 48.9. The maximum atomic E-state index is 12.9. The molecule has 0 atom stereocenters. The van der Waals surface area contributed by atoms with E-state index in [1.807, 2.05) is 6.07 Å². The summed E-state index contributed by atoms with van der Waals surface area (Å²) in [7, 11) is 0.